The first-order valence-corrected chi connectivity index (χ1v) is 8.04. The average Bonchev–Trinajstić information content (AvgIpc) is 3.13. The molecule has 0 aliphatic carbocycles. The Kier molecular flexibility index (Phi) is 4.91. The number of carbonyl (C=O) groups is 1. The van der Waals surface area contributed by atoms with E-state index in [1.807, 2.05) is 47.9 Å². The first kappa shape index (κ1) is 15.1. The predicted octanol–water partition coefficient (Wildman–Crippen LogP) is 3.53. The maximum absolute atomic E-state index is 11.8. The molecule has 0 saturated carbocycles. The Bertz CT molecular complexity index is 781. The van der Waals surface area contributed by atoms with Crippen molar-refractivity contribution in [2.75, 3.05) is 0 Å². The van der Waals surface area contributed by atoms with Gasteiger partial charge in [-0.05, 0) is 41.3 Å². The second kappa shape index (κ2) is 7.47. The molecule has 0 aromatic carbocycles. The molecule has 0 bridgehead atoms. The van der Waals surface area contributed by atoms with Crippen LogP contribution in [0.5, 0.6) is 0 Å². The summed E-state index contributed by atoms with van der Waals surface area (Å²) in [7, 11) is 0. The summed E-state index contributed by atoms with van der Waals surface area (Å²) in [5, 5.41) is 4.83. The van der Waals surface area contributed by atoms with E-state index in [2.05, 4.69) is 15.3 Å². The summed E-state index contributed by atoms with van der Waals surface area (Å²) in [5.74, 6) is -0.116. The van der Waals surface area contributed by atoms with Gasteiger partial charge in [0.15, 0.2) is 0 Å². The summed E-state index contributed by atoms with van der Waals surface area (Å²) >= 11 is 1.60. The van der Waals surface area contributed by atoms with E-state index in [1.54, 1.807) is 36.0 Å². The number of rotatable bonds is 5. The van der Waals surface area contributed by atoms with Crippen molar-refractivity contribution in [1.29, 1.82) is 0 Å². The Morgan fingerprint density at radius 3 is 2.83 bits per heavy atom. The Morgan fingerprint density at radius 1 is 1.17 bits per heavy atom. The highest BCUT2D eigenvalue weighted by molar-refractivity contribution is 7.10. The third-order valence-corrected chi connectivity index (χ3v) is 4.03. The van der Waals surface area contributed by atoms with E-state index in [0.717, 1.165) is 21.7 Å². The van der Waals surface area contributed by atoms with E-state index in [1.165, 1.54) is 0 Å². The lowest BCUT2D eigenvalue weighted by Gasteiger charge is -2.04. The van der Waals surface area contributed by atoms with Crippen molar-refractivity contribution < 1.29 is 4.79 Å². The zero-order chi connectivity index (χ0) is 15.9. The molecule has 5 heteroatoms. The second-order valence-electron chi connectivity index (χ2n) is 4.86. The molecule has 0 spiro atoms. The van der Waals surface area contributed by atoms with Gasteiger partial charge in [0.2, 0.25) is 5.91 Å². The van der Waals surface area contributed by atoms with Gasteiger partial charge in [-0.1, -0.05) is 12.1 Å². The lowest BCUT2D eigenvalue weighted by atomic mass is 10.1. The molecule has 0 aliphatic rings. The smallest absolute Gasteiger partial charge is 0.244 e. The fourth-order valence-corrected chi connectivity index (χ4v) is 2.62. The van der Waals surface area contributed by atoms with Crippen LogP contribution >= 0.6 is 11.3 Å². The monoisotopic (exact) mass is 321 g/mol. The number of carbonyl (C=O) groups excluding carboxylic acids is 1. The van der Waals surface area contributed by atoms with Crippen molar-refractivity contribution in [3.63, 3.8) is 0 Å². The van der Waals surface area contributed by atoms with Crippen LogP contribution in [0.3, 0.4) is 0 Å². The largest absolute Gasteiger partial charge is 0.348 e. The van der Waals surface area contributed by atoms with Gasteiger partial charge in [-0.2, -0.15) is 0 Å². The minimum atomic E-state index is -0.116. The van der Waals surface area contributed by atoms with Crippen LogP contribution in [-0.2, 0) is 11.3 Å². The van der Waals surface area contributed by atoms with E-state index in [0.29, 0.717) is 6.54 Å². The molecule has 0 aliphatic heterocycles. The Morgan fingerprint density at radius 2 is 2.13 bits per heavy atom. The van der Waals surface area contributed by atoms with Gasteiger partial charge in [0.25, 0.3) is 0 Å². The normalized spacial score (nSPS) is 10.8. The summed E-state index contributed by atoms with van der Waals surface area (Å²) in [6.45, 7) is 0.452. The number of hydrogen-bond acceptors (Lipinski definition) is 4. The summed E-state index contributed by atoms with van der Waals surface area (Å²) in [6.07, 6.45) is 8.63. The minimum Gasteiger partial charge on any atom is -0.348 e. The van der Waals surface area contributed by atoms with Crippen LogP contribution in [0.4, 0.5) is 0 Å². The fourth-order valence-electron chi connectivity index (χ4n) is 2.01. The van der Waals surface area contributed by atoms with Gasteiger partial charge in [0.1, 0.15) is 0 Å². The number of thiophene rings is 1. The van der Waals surface area contributed by atoms with Crippen LogP contribution in [0.1, 0.15) is 10.4 Å². The third-order valence-electron chi connectivity index (χ3n) is 3.19. The van der Waals surface area contributed by atoms with Crippen molar-refractivity contribution in [1.82, 2.24) is 15.3 Å². The van der Waals surface area contributed by atoms with Crippen LogP contribution in [-0.4, -0.2) is 15.9 Å². The van der Waals surface area contributed by atoms with Gasteiger partial charge >= 0.3 is 0 Å². The number of pyridine rings is 2. The molecule has 0 radical (unpaired) electrons. The standard InChI is InChI=1S/C18H15N3OS/c22-18(8-6-16-4-2-10-23-16)21-12-14-5-7-17(20-11-14)15-3-1-9-19-13-15/h1-11,13H,12H2,(H,21,22)/b8-6+. The fraction of sp³-hybridized carbons (Fsp3) is 0.0556. The van der Waals surface area contributed by atoms with Crippen molar-refractivity contribution in [3.05, 3.63) is 76.9 Å². The SMILES string of the molecule is O=C(/C=C/c1cccs1)NCc1ccc(-c2cccnc2)nc1. The molecule has 0 atom stereocenters. The van der Waals surface area contributed by atoms with Crippen LogP contribution in [0.15, 0.2) is 66.4 Å². The lowest BCUT2D eigenvalue weighted by Crippen LogP contribution is -2.20. The maximum atomic E-state index is 11.8. The molecule has 1 amide bonds. The number of aromatic nitrogens is 2. The molecule has 3 heterocycles. The number of nitrogens with one attached hydrogen (secondary N) is 1. The van der Waals surface area contributed by atoms with Gasteiger partial charge in [-0.25, -0.2) is 0 Å². The van der Waals surface area contributed by atoms with Gasteiger partial charge in [-0.15, -0.1) is 11.3 Å². The molecule has 0 fully saturated rings. The summed E-state index contributed by atoms with van der Waals surface area (Å²) < 4.78 is 0. The Hall–Kier alpha value is -2.79. The van der Waals surface area contributed by atoms with Crippen molar-refractivity contribution in [3.8, 4) is 11.3 Å². The van der Waals surface area contributed by atoms with E-state index < -0.39 is 0 Å². The van der Waals surface area contributed by atoms with Crippen molar-refractivity contribution in [2.45, 2.75) is 6.54 Å². The van der Waals surface area contributed by atoms with E-state index in [4.69, 9.17) is 0 Å². The zero-order valence-corrected chi connectivity index (χ0v) is 13.2. The van der Waals surface area contributed by atoms with E-state index in [9.17, 15) is 4.79 Å². The molecule has 114 valence electrons. The quantitative estimate of drug-likeness (QED) is 0.731. The second-order valence-corrected chi connectivity index (χ2v) is 5.84. The number of hydrogen-bond donors (Lipinski definition) is 1. The van der Waals surface area contributed by atoms with Crippen molar-refractivity contribution >= 4 is 23.3 Å². The number of nitrogens with zero attached hydrogens (tertiary/aromatic N) is 2. The molecule has 1 N–H and O–H groups in total. The molecule has 23 heavy (non-hydrogen) atoms. The lowest BCUT2D eigenvalue weighted by molar-refractivity contribution is -0.116. The highest BCUT2D eigenvalue weighted by Gasteiger charge is 2.01. The minimum absolute atomic E-state index is 0.116. The van der Waals surface area contributed by atoms with Crippen LogP contribution < -0.4 is 5.32 Å². The highest BCUT2D eigenvalue weighted by atomic mass is 32.1. The molecular formula is C18H15N3OS. The predicted molar refractivity (Wildman–Crippen MR) is 92.7 cm³/mol. The Labute approximate surface area is 138 Å². The summed E-state index contributed by atoms with van der Waals surface area (Å²) in [6, 6.07) is 11.7. The van der Waals surface area contributed by atoms with Gasteiger partial charge in [0, 0.05) is 41.7 Å². The topological polar surface area (TPSA) is 54.9 Å². The highest BCUT2D eigenvalue weighted by Crippen LogP contribution is 2.15. The maximum Gasteiger partial charge on any atom is 0.244 e. The van der Waals surface area contributed by atoms with Crippen LogP contribution in [0.25, 0.3) is 17.3 Å². The molecule has 3 aromatic heterocycles. The third kappa shape index (κ3) is 4.34. The first-order chi connectivity index (χ1) is 11.3. The average molecular weight is 321 g/mol. The summed E-state index contributed by atoms with van der Waals surface area (Å²) in [4.78, 5) is 21.3. The zero-order valence-electron chi connectivity index (χ0n) is 12.3. The number of amides is 1. The summed E-state index contributed by atoms with van der Waals surface area (Å²) in [5.41, 5.74) is 2.79. The van der Waals surface area contributed by atoms with E-state index in [-0.39, 0.29) is 5.91 Å². The molecule has 3 aromatic rings. The molecular weight excluding hydrogens is 306 g/mol. The molecule has 4 nitrogen and oxygen atoms in total. The van der Waals surface area contributed by atoms with Gasteiger partial charge in [-0.3, -0.25) is 14.8 Å². The molecule has 0 unspecified atom stereocenters. The van der Waals surface area contributed by atoms with E-state index >= 15 is 0 Å². The van der Waals surface area contributed by atoms with Gasteiger partial charge in [0.05, 0.1) is 5.69 Å². The first-order valence-electron chi connectivity index (χ1n) is 7.16. The van der Waals surface area contributed by atoms with Crippen molar-refractivity contribution in [2.24, 2.45) is 0 Å². The van der Waals surface area contributed by atoms with Crippen LogP contribution in [0, 0.1) is 0 Å². The Balaban J connectivity index is 1.55. The van der Waals surface area contributed by atoms with Crippen LogP contribution in [0.2, 0.25) is 0 Å². The molecule has 3 rings (SSSR count). The van der Waals surface area contributed by atoms with Gasteiger partial charge < -0.3 is 5.32 Å². The molecule has 0 saturated heterocycles.